The van der Waals surface area contributed by atoms with Gasteiger partial charge in [0.1, 0.15) is 12.1 Å². The Bertz CT molecular complexity index is 375. The van der Waals surface area contributed by atoms with Crippen LogP contribution in [0.1, 0.15) is 38.3 Å². The molecule has 0 aromatic carbocycles. The lowest BCUT2D eigenvalue weighted by Gasteiger charge is -2.34. The Morgan fingerprint density at radius 1 is 1.28 bits per heavy atom. The number of anilines is 1. The van der Waals surface area contributed by atoms with Gasteiger partial charge in [0.2, 0.25) is 0 Å². The molecule has 0 bridgehead atoms. The SMILES string of the molecule is CCc1cc(N(C)C2CCC(OC)CC2)ncn1. The highest BCUT2D eigenvalue weighted by Crippen LogP contribution is 2.26. The Labute approximate surface area is 109 Å². The first-order chi connectivity index (χ1) is 8.74. The summed E-state index contributed by atoms with van der Waals surface area (Å²) in [5.74, 6) is 1.04. The van der Waals surface area contributed by atoms with Gasteiger partial charge in [-0.1, -0.05) is 6.92 Å². The highest BCUT2D eigenvalue weighted by Gasteiger charge is 2.24. The van der Waals surface area contributed by atoms with Crippen LogP contribution in [-0.2, 0) is 11.2 Å². The molecule has 1 fully saturated rings. The molecule has 0 atom stereocenters. The minimum Gasteiger partial charge on any atom is -0.381 e. The molecule has 0 radical (unpaired) electrons. The van der Waals surface area contributed by atoms with Gasteiger partial charge in [0, 0.05) is 32.0 Å². The molecule has 1 aromatic heterocycles. The van der Waals surface area contributed by atoms with Gasteiger partial charge in [-0.15, -0.1) is 0 Å². The van der Waals surface area contributed by atoms with Gasteiger partial charge in [-0.2, -0.15) is 0 Å². The van der Waals surface area contributed by atoms with Crippen LogP contribution in [0, 0.1) is 0 Å². The largest absolute Gasteiger partial charge is 0.381 e. The minimum absolute atomic E-state index is 0.450. The molecule has 0 spiro atoms. The zero-order valence-corrected chi connectivity index (χ0v) is 11.6. The first-order valence-corrected chi connectivity index (χ1v) is 6.81. The van der Waals surface area contributed by atoms with Crippen LogP contribution in [0.3, 0.4) is 0 Å². The number of hydrogen-bond donors (Lipinski definition) is 0. The van der Waals surface area contributed by atoms with Gasteiger partial charge in [0.05, 0.1) is 6.10 Å². The quantitative estimate of drug-likeness (QED) is 0.821. The Morgan fingerprint density at radius 3 is 2.61 bits per heavy atom. The summed E-state index contributed by atoms with van der Waals surface area (Å²) in [4.78, 5) is 10.9. The third kappa shape index (κ3) is 2.99. The second-order valence-corrected chi connectivity index (χ2v) is 5.00. The molecule has 2 rings (SSSR count). The molecule has 100 valence electrons. The summed E-state index contributed by atoms with van der Waals surface area (Å²) in [6.45, 7) is 2.12. The maximum absolute atomic E-state index is 5.42. The summed E-state index contributed by atoms with van der Waals surface area (Å²) >= 11 is 0. The number of methoxy groups -OCH3 is 1. The number of aryl methyl sites for hydroxylation is 1. The number of ether oxygens (including phenoxy) is 1. The van der Waals surface area contributed by atoms with Crippen LogP contribution in [0.25, 0.3) is 0 Å². The average Bonchev–Trinajstić information content (AvgIpc) is 2.46. The Hall–Kier alpha value is -1.16. The number of aromatic nitrogens is 2. The molecule has 0 N–H and O–H groups in total. The zero-order valence-electron chi connectivity index (χ0n) is 11.6. The van der Waals surface area contributed by atoms with Crippen molar-refractivity contribution in [3.63, 3.8) is 0 Å². The Morgan fingerprint density at radius 2 is 2.00 bits per heavy atom. The van der Waals surface area contributed by atoms with E-state index in [0.29, 0.717) is 12.1 Å². The van der Waals surface area contributed by atoms with Gasteiger partial charge in [0.25, 0.3) is 0 Å². The van der Waals surface area contributed by atoms with Crippen LogP contribution in [0.5, 0.6) is 0 Å². The van der Waals surface area contributed by atoms with Crippen molar-refractivity contribution >= 4 is 5.82 Å². The Balaban J connectivity index is 2.00. The molecule has 0 amide bonds. The summed E-state index contributed by atoms with van der Waals surface area (Å²) in [6, 6.07) is 2.68. The van der Waals surface area contributed by atoms with Gasteiger partial charge in [-0.05, 0) is 32.1 Å². The molecular formula is C14H23N3O. The van der Waals surface area contributed by atoms with Gasteiger partial charge in [-0.25, -0.2) is 9.97 Å². The topological polar surface area (TPSA) is 38.2 Å². The second kappa shape index (κ2) is 6.14. The van der Waals surface area contributed by atoms with E-state index >= 15 is 0 Å². The monoisotopic (exact) mass is 249 g/mol. The summed E-state index contributed by atoms with van der Waals surface area (Å²) in [7, 11) is 3.95. The average molecular weight is 249 g/mol. The number of rotatable bonds is 4. The molecule has 1 saturated carbocycles. The Kier molecular flexibility index (Phi) is 4.53. The van der Waals surface area contributed by atoms with E-state index in [2.05, 4.69) is 34.9 Å². The minimum atomic E-state index is 0.450. The molecule has 0 aliphatic heterocycles. The molecule has 4 heteroatoms. The van der Waals surface area contributed by atoms with Crippen molar-refractivity contribution in [3.05, 3.63) is 18.1 Å². The fourth-order valence-corrected chi connectivity index (χ4v) is 2.63. The van der Waals surface area contributed by atoms with E-state index in [-0.39, 0.29) is 0 Å². The molecule has 1 aliphatic carbocycles. The van der Waals surface area contributed by atoms with Gasteiger partial charge < -0.3 is 9.64 Å². The molecule has 0 unspecified atom stereocenters. The van der Waals surface area contributed by atoms with Crippen LogP contribution < -0.4 is 4.90 Å². The van der Waals surface area contributed by atoms with Crippen molar-refractivity contribution in [2.24, 2.45) is 0 Å². The standard InChI is InChI=1S/C14H23N3O/c1-4-11-9-14(16-10-15-11)17(2)12-5-7-13(18-3)8-6-12/h9-10,12-13H,4-8H2,1-3H3. The van der Waals surface area contributed by atoms with Crippen molar-refractivity contribution in [1.29, 1.82) is 0 Å². The van der Waals surface area contributed by atoms with E-state index in [0.717, 1.165) is 30.8 Å². The zero-order chi connectivity index (χ0) is 13.0. The number of nitrogens with zero attached hydrogens (tertiary/aromatic N) is 3. The third-order valence-corrected chi connectivity index (χ3v) is 3.96. The van der Waals surface area contributed by atoms with Gasteiger partial charge in [-0.3, -0.25) is 0 Å². The van der Waals surface area contributed by atoms with Gasteiger partial charge >= 0.3 is 0 Å². The molecular weight excluding hydrogens is 226 g/mol. The summed E-state index contributed by atoms with van der Waals surface area (Å²) < 4.78 is 5.42. The van der Waals surface area contributed by atoms with E-state index in [4.69, 9.17) is 4.74 Å². The van der Waals surface area contributed by atoms with Crippen molar-refractivity contribution < 1.29 is 4.74 Å². The molecule has 1 aromatic rings. The first-order valence-electron chi connectivity index (χ1n) is 6.81. The van der Waals surface area contributed by atoms with Crippen LogP contribution >= 0.6 is 0 Å². The van der Waals surface area contributed by atoms with E-state index in [9.17, 15) is 0 Å². The van der Waals surface area contributed by atoms with E-state index in [1.165, 1.54) is 12.8 Å². The molecule has 4 nitrogen and oxygen atoms in total. The maximum Gasteiger partial charge on any atom is 0.132 e. The predicted molar refractivity (Wildman–Crippen MR) is 72.9 cm³/mol. The van der Waals surface area contributed by atoms with Crippen LogP contribution in [-0.4, -0.2) is 36.3 Å². The lowest BCUT2D eigenvalue weighted by atomic mass is 9.92. The molecule has 1 aliphatic rings. The highest BCUT2D eigenvalue weighted by atomic mass is 16.5. The van der Waals surface area contributed by atoms with Crippen molar-refractivity contribution in [1.82, 2.24) is 9.97 Å². The van der Waals surface area contributed by atoms with E-state index in [1.807, 2.05) is 7.11 Å². The lowest BCUT2D eigenvalue weighted by molar-refractivity contribution is 0.0659. The summed E-state index contributed by atoms with van der Waals surface area (Å²) in [5, 5.41) is 0. The summed E-state index contributed by atoms with van der Waals surface area (Å²) in [5.41, 5.74) is 1.11. The summed E-state index contributed by atoms with van der Waals surface area (Å²) in [6.07, 6.45) is 7.74. The molecule has 1 heterocycles. The van der Waals surface area contributed by atoms with E-state index in [1.54, 1.807) is 6.33 Å². The van der Waals surface area contributed by atoms with E-state index < -0.39 is 0 Å². The van der Waals surface area contributed by atoms with Crippen LogP contribution in [0.2, 0.25) is 0 Å². The fraction of sp³-hybridized carbons (Fsp3) is 0.714. The fourth-order valence-electron chi connectivity index (χ4n) is 2.63. The second-order valence-electron chi connectivity index (χ2n) is 5.00. The van der Waals surface area contributed by atoms with Crippen molar-refractivity contribution in [3.8, 4) is 0 Å². The normalized spacial score (nSPS) is 23.9. The predicted octanol–water partition coefficient (Wildman–Crippen LogP) is 2.43. The van der Waals surface area contributed by atoms with Gasteiger partial charge in [0.15, 0.2) is 0 Å². The molecule has 18 heavy (non-hydrogen) atoms. The highest BCUT2D eigenvalue weighted by molar-refractivity contribution is 5.39. The van der Waals surface area contributed by atoms with Crippen molar-refractivity contribution in [2.45, 2.75) is 51.2 Å². The smallest absolute Gasteiger partial charge is 0.132 e. The van der Waals surface area contributed by atoms with Crippen LogP contribution in [0.15, 0.2) is 12.4 Å². The lowest BCUT2D eigenvalue weighted by Crippen LogP contribution is -2.37. The maximum atomic E-state index is 5.42. The third-order valence-electron chi connectivity index (χ3n) is 3.96. The van der Waals surface area contributed by atoms with Crippen molar-refractivity contribution in [2.75, 3.05) is 19.1 Å². The number of hydrogen-bond acceptors (Lipinski definition) is 4. The first kappa shape index (κ1) is 13.3. The van der Waals surface area contributed by atoms with Crippen LogP contribution in [0.4, 0.5) is 5.82 Å². The molecule has 0 saturated heterocycles.